The van der Waals surface area contributed by atoms with Gasteiger partial charge in [0.2, 0.25) is 0 Å². The molecule has 6 nitrogen and oxygen atoms in total. The Hall–Kier alpha value is -1.79. The predicted molar refractivity (Wildman–Crippen MR) is 109 cm³/mol. The fraction of sp³-hybridized carbons (Fsp3) is 0.682. The maximum Gasteiger partial charge on any atom is 0.511 e. The van der Waals surface area contributed by atoms with Crippen LogP contribution in [0.25, 0.3) is 0 Å². The molecule has 0 aliphatic carbocycles. The van der Waals surface area contributed by atoms with Gasteiger partial charge < -0.3 is 24.4 Å². The van der Waals surface area contributed by atoms with Crippen molar-refractivity contribution >= 4 is 6.16 Å². The SMILES string of the molecule is CCCCCCC(OCCCC)(OCCCC)c1cccc(OC(=O)O)c1O. The first-order chi connectivity index (χ1) is 13.5. The van der Waals surface area contributed by atoms with Crippen molar-refractivity contribution in [2.24, 2.45) is 0 Å². The maximum absolute atomic E-state index is 11.0. The highest BCUT2D eigenvalue weighted by Crippen LogP contribution is 2.43. The molecule has 0 aliphatic rings. The van der Waals surface area contributed by atoms with Gasteiger partial charge in [0.05, 0.1) is 18.8 Å². The molecular formula is C22H36O6. The Labute approximate surface area is 168 Å². The molecule has 0 fully saturated rings. The van der Waals surface area contributed by atoms with Crippen LogP contribution in [-0.2, 0) is 15.3 Å². The number of carboxylic acid groups (broad SMARTS) is 1. The van der Waals surface area contributed by atoms with Crippen LogP contribution < -0.4 is 4.74 Å². The molecule has 0 saturated heterocycles. The van der Waals surface area contributed by atoms with E-state index >= 15 is 0 Å². The van der Waals surface area contributed by atoms with Crippen LogP contribution >= 0.6 is 0 Å². The number of hydrogen-bond donors (Lipinski definition) is 2. The van der Waals surface area contributed by atoms with E-state index in [-0.39, 0.29) is 11.5 Å². The van der Waals surface area contributed by atoms with Gasteiger partial charge in [-0.2, -0.15) is 0 Å². The van der Waals surface area contributed by atoms with Crippen LogP contribution in [0.5, 0.6) is 11.5 Å². The summed E-state index contributed by atoms with van der Waals surface area (Å²) in [5, 5.41) is 19.7. The van der Waals surface area contributed by atoms with Gasteiger partial charge in [-0.15, -0.1) is 0 Å². The average molecular weight is 397 g/mol. The number of phenols is 1. The highest BCUT2D eigenvalue weighted by atomic mass is 16.7. The summed E-state index contributed by atoms with van der Waals surface area (Å²) >= 11 is 0. The minimum absolute atomic E-state index is 0.110. The molecule has 6 heteroatoms. The van der Waals surface area contributed by atoms with Gasteiger partial charge in [-0.05, 0) is 31.4 Å². The zero-order valence-electron chi connectivity index (χ0n) is 17.5. The number of carbonyl (C=O) groups is 1. The summed E-state index contributed by atoms with van der Waals surface area (Å²) in [7, 11) is 0. The molecule has 0 heterocycles. The lowest BCUT2D eigenvalue weighted by molar-refractivity contribution is -0.253. The second-order valence-corrected chi connectivity index (χ2v) is 6.99. The molecule has 1 rings (SSSR count). The molecule has 0 amide bonds. The van der Waals surface area contributed by atoms with Crippen LogP contribution in [-0.4, -0.2) is 29.6 Å². The molecule has 0 spiro atoms. The van der Waals surface area contributed by atoms with Crippen LogP contribution in [0.3, 0.4) is 0 Å². The summed E-state index contributed by atoms with van der Waals surface area (Å²) < 4.78 is 17.2. The molecule has 0 bridgehead atoms. The third-order valence-electron chi connectivity index (χ3n) is 4.63. The monoisotopic (exact) mass is 396 g/mol. The number of benzene rings is 1. The van der Waals surface area contributed by atoms with Crippen molar-refractivity contribution in [2.45, 2.75) is 84.3 Å². The Bertz CT molecular complexity index is 562. The topological polar surface area (TPSA) is 85.2 Å². The summed E-state index contributed by atoms with van der Waals surface area (Å²) in [5.41, 5.74) is 0.426. The zero-order valence-corrected chi connectivity index (χ0v) is 17.5. The number of phenolic OH excluding ortho intramolecular Hbond substituents is 1. The minimum atomic E-state index is -1.47. The number of unbranched alkanes of at least 4 members (excludes halogenated alkanes) is 5. The molecule has 28 heavy (non-hydrogen) atoms. The van der Waals surface area contributed by atoms with Gasteiger partial charge in [0, 0.05) is 6.42 Å². The largest absolute Gasteiger partial charge is 0.511 e. The van der Waals surface area contributed by atoms with Crippen LogP contribution in [0.1, 0.15) is 84.1 Å². The molecule has 1 aromatic carbocycles. The van der Waals surface area contributed by atoms with E-state index in [1.807, 2.05) is 0 Å². The fourth-order valence-corrected chi connectivity index (χ4v) is 3.03. The lowest BCUT2D eigenvalue weighted by Crippen LogP contribution is -2.34. The molecule has 0 atom stereocenters. The molecule has 0 unspecified atom stereocenters. The van der Waals surface area contributed by atoms with Crippen molar-refractivity contribution < 1.29 is 29.2 Å². The van der Waals surface area contributed by atoms with Gasteiger partial charge in [-0.1, -0.05) is 58.9 Å². The summed E-state index contributed by atoms with van der Waals surface area (Å²) in [6.07, 6.45) is 6.99. The average Bonchev–Trinajstić information content (AvgIpc) is 2.66. The van der Waals surface area contributed by atoms with E-state index in [9.17, 15) is 9.90 Å². The second-order valence-electron chi connectivity index (χ2n) is 6.99. The van der Waals surface area contributed by atoms with E-state index in [1.54, 1.807) is 12.1 Å². The van der Waals surface area contributed by atoms with Crippen molar-refractivity contribution in [1.82, 2.24) is 0 Å². The van der Waals surface area contributed by atoms with Gasteiger partial charge in [0.15, 0.2) is 17.3 Å². The van der Waals surface area contributed by atoms with E-state index in [0.717, 1.165) is 51.4 Å². The van der Waals surface area contributed by atoms with Gasteiger partial charge in [-0.25, -0.2) is 4.79 Å². The third kappa shape index (κ3) is 7.68. The maximum atomic E-state index is 11.0. The molecular weight excluding hydrogens is 360 g/mol. The predicted octanol–water partition coefficient (Wildman–Crippen LogP) is 6.21. The van der Waals surface area contributed by atoms with Crippen LogP contribution in [0.15, 0.2) is 18.2 Å². The zero-order chi connectivity index (χ0) is 20.8. The normalized spacial score (nSPS) is 11.5. The Morgan fingerprint density at radius 2 is 1.54 bits per heavy atom. The van der Waals surface area contributed by atoms with Gasteiger partial charge in [0.1, 0.15) is 0 Å². The number of para-hydroxylation sites is 1. The number of hydrogen-bond acceptors (Lipinski definition) is 5. The fourth-order valence-electron chi connectivity index (χ4n) is 3.03. The van der Waals surface area contributed by atoms with Crippen LogP contribution in [0, 0.1) is 0 Å². The first kappa shape index (κ1) is 24.2. The summed E-state index contributed by atoms with van der Waals surface area (Å²) in [4.78, 5) is 11.0. The van der Waals surface area contributed by atoms with E-state index in [2.05, 4.69) is 20.8 Å². The van der Waals surface area contributed by atoms with E-state index in [4.69, 9.17) is 19.3 Å². The molecule has 2 N–H and O–H groups in total. The summed E-state index contributed by atoms with van der Waals surface area (Å²) in [6, 6.07) is 4.80. The second kappa shape index (κ2) is 13.4. The van der Waals surface area contributed by atoms with Crippen LogP contribution in [0.4, 0.5) is 4.79 Å². The number of aromatic hydroxyl groups is 1. The Morgan fingerprint density at radius 3 is 2.07 bits per heavy atom. The van der Waals surface area contributed by atoms with Crippen molar-refractivity contribution in [3.8, 4) is 11.5 Å². The van der Waals surface area contributed by atoms with E-state index in [1.165, 1.54) is 6.07 Å². The van der Waals surface area contributed by atoms with Crippen LogP contribution in [0.2, 0.25) is 0 Å². The van der Waals surface area contributed by atoms with Gasteiger partial charge >= 0.3 is 6.16 Å². The van der Waals surface area contributed by atoms with Gasteiger partial charge in [-0.3, -0.25) is 0 Å². The number of ether oxygens (including phenoxy) is 3. The highest BCUT2D eigenvalue weighted by molar-refractivity contribution is 5.63. The molecule has 0 aliphatic heterocycles. The van der Waals surface area contributed by atoms with Gasteiger partial charge in [0.25, 0.3) is 0 Å². The molecule has 160 valence electrons. The smallest absolute Gasteiger partial charge is 0.504 e. The Balaban J connectivity index is 3.24. The van der Waals surface area contributed by atoms with E-state index in [0.29, 0.717) is 25.2 Å². The summed E-state index contributed by atoms with van der Waals surface area (Å²) in [6.45, 7) is 7.33. The molecule has 1 aromatic rings. The third-order valence-corrected chi connectivity index (χ3v) is 4.63. The molecule has 0 saturated carbocycles. The Morgan fingerprint density at radius 1 is 0.929 bits per heavy atom. The quantitative estimate of drug-likeness (QED) is 0.159. The minimum Gasteiger partial charge on any atom is -0.504 e. The number of rotatable bonds is 15. The van der Waals surface area contributed by atoms with Crippen molar-refractivity contribution in [3.63, 3.8) is 0 Å². The highest BCUT2D eigenvalue weighted by Gasteiger charge is 2.37. The molecule has 0 aromatic heterocycles. The Kier molecular flexibility index (Phi) is 11.6. The lowest BCUT2D eigenvalue weighted by Gasteiger charge is -2.35. The first-order valence-corrected chi connectivity index (χ1v) is 10.5. The lowest BCUT2D eigenvalue weighted by atomic mass is 9.96. The van der Waals surface area contributed by atoms with Crippen molar-refractivity contribution in [3.05, 3.63) is 23.8 Å². The van der Waals surface area contributed by atoms with Crippen molar-refractivity contribution in [2.75, 3.05) is 13.2 Å². The van der Waals surface area contributed by atoms with E-state index < -0.39 is 11.9 Å². The molecule has 0 radical (unpaired) electrons. The summed E-state index contributed by atoms with van der Waals surface area (Å²) in [5.74, 6) is -1.46. The standard InChI is InChI=1S/C22H36O6/c1-4-7-10-11-15-22(26-16-8-5-2,27-17-9-6-3)18-13-12-14-19(20(18)23)28-21(24)25/h12-14,23H,4-11,15-17H2,1-3H3,(H,24,25). The van der Waals surface area contributed by atoms with Crippen molar-refractivity contribution in [1.29, 1.82) is 0 Å². The first-order valence-electron chi connectivity index (χ1n) is 10.5.